The topological polar surface area (TPSA) is 85.1 Å². The number of piperazine rings is 1. The summed E-state index contributed by atoms with van der Waals surface area (Å²) in [6, 6.07) is 30.0. The summed E-state index contributed by atoms with van der Waals surface area (Å²) in [6.07, 6.45) is 1.01. The molecule has 0 spiro atoms. The molecular weight excluding hydrogens is 460 g/mol. The summed E-state index contributed by atoms with van der Waals surface area (Å²) in [4.78, 5) is 27.5. The van der Waals surface area contributed by atoms with Gasteiger partial charge in [0.1, 0.15) is 5.69 Å². The molecule has 0 aliphatic carbocycles. The predicted molar refractivity (Wildman–Crippen MR) is 145 cm³/mol. The number of hydrogen-bond donors (Lipinski definition) is 1. The molecular formula is C30H30N6O. The minimum absolute atomic E-state index is 0.355. The molecule has 1 amide bonds. The molecule has 0 bridgehead atoms. The molecule has 1 aliphatic rings. The fourth-order valence-corrected chi connectivity index (χ4v) is 4.68. The molecule has 1 aromatic heterocycles. The molecule has 0 radical (unpaired) electrons. The monoisotopic (exact) mass is 490 g/mol. The molecule has 1 N–H and O–H groups in total. The van der Waals surface area contributed by atoms with Gasteiger partial charge in [-0.2, -0.15) is 5.26 Å². The number of para-hydroxylation sites is 2. The van der Waals surface area contributed by atoms with Crippen LogP contribution in [0.15, 0.2) is 84.9 Å². The van der Waals surface area contributed by atoms with Gasteiger partial charge in [0.2, 0.25) is 5.91 Å². The number of rotatable bonds is 8. The SMILES string of the molecule is N#CC(C(=O)NCc1ccccc1)c1nc2ccccc2nc1N1CCN(CCc2ccccc2)CC1. The first-order chi connectivity index (χ1) is 18.2. The highest BCUT2D eigenvalue weighted by molar-refractivity contribution is 5.88. The van der Waals surface area contributed by atoms with E-state index in [2.05, 4.69) is 45.5 Å². The molecule has 4 aromatic rings. The third-order valence-electron chi connectivity index (χ3n) is 6.78. The van der Waals surface area contributed by atoms with Crippen LogP contribution >= 0.6 is 0 Å². The van der Waals surface area contributed by atoms with Crippen molar-refractivity contribution in [1.29, 1.82) is 5.26 Å². The zero-order valence-electron chi connectivity index (χ0n) is 20.8. The molecule has 7 nitrogen and oxygen atoms in total. The molecule has 1 aliphatic heterocycles. The first-order valence-corrected chi connectivity index (χ1v) is 12.7. The van der Waals surface area contributed by atoms with Crippen LogP contribution in [0.3, 0.4) is 0 Å². The summed E-state index contributed by atoms with van der Waals surface area (Å²) in [5.74, 6) is -0.784. The van der Waals surface area contributed by atoms with Crippen LogP contribution in [0.2, 0.25) is 0 Å². The Morgan fingerprint density at radius 1 is 0.838 bits per heavy atom. The van der Waals surface area contributed by atoms with Crippen LogP contribution in [-0.4, -0.2) is 53.5 Å². The van der Waals surface area contributed by atoms with E-state index in [9.17, 15) is 10.1 Å². The van der Waals surface area contributed by atoms with Crippen molar-refractivity contribution in [3.63, 3.8) is 0 Å². The maximum absolute atomic E-state index is 13.2. The number of benzene rings is 3. The van der Waals surface area contributed by atoms with Gasteiger partial charge in [-0.1, -0.05) is 72.8 Å². The van der Waals surface area contributed by atoms with Crippen molar-refractivity contribution in [1.82, 2.24) is 20.2 Å². The van der Waals surface area contributed by atoms with Crippen LogP contribution in [0.4, 0.5) is 5.82 Å². The quantitative estimate of drug-likeness (QED) is 0.403. The number of nitriles is 1. The van der Waals surface area contributed by atoms with Crippen molar-refractivity contribution in [2.75, 3.05) is 37.6 Å². The molecule has 186 valence electrons. The molecule has 1 atom stereocenters. The first-order valence-electron chi connectivity index (χ1n) is 12.7. The lowest BCUT2D eigenvalue weighted by atomic mass is 10.0. The van der Waals surface area contributed by atoms with E-state index in [1.807, 2.05) is 60.7 Å². The molecule has 1 unspecified atom stereocenters. The molecule has 0 saturated carbocycles. The highest BCUT2D eigenvalue weighted by atomic mass is 16.1. The van der Waals surface area contributed by atoms with E-state index in [1.165, 1.54) is 5.56 Å². The molecule has 1 saturated heterocycles. The van der Waals surface area contributed by atoms with Crippen LogP contribution in [0.25, 0.3) is 11.0 Å². The minimum atomic E-state index is -1.05. The number of nitrogens with zero attached hydrogens (tertiary/aromatic N) is 5. The summed E-state index contributed by atoms with van der Waals surface area (Å²) in [5, 5.41) is 13.0. The number of amides is 1. The summed E-state index contributed by atoms with van der Waals surface area (Å²) < 4.78 is 0. The second-order valence-electron chi connectivity index (χ2n) is 9.25. The van der Waals surface area contributed by atoms with E-state index in [-0.39, 0.29) is 5.91 Å². The van der Waals surface area contributed by atoms with Gasteiger partial charge in [-0.25, -0.2) is 9.97 Å². The molecule has 5 rings (SSSR count). The second kappa shape index (κ2) is 11.6. The van der Waals surface area contributed by atoms with Gasteiger partial charge in [-0.15, -0.1) is 0 Å². The van der Waals surface area contributed by atoms with Crippen LogP contribution < -0.4 is 10.2 Å². The average Bonchev–Trinajstić information content (AvgIpc) is 2.96. The van der Waals surface area contributed by atoms with Crippen LogP contribution in [0.5, 0.6) is 0 Å². The highest BCUT2D eigenvalue weighted by Crippen LogP contribution is 2.28. The first kappa shape index (κ1) is 24.4. The Labute approximate surface area is 217 Å². The molecule has 1 fully saturated rings. The van der Waals surface area contributed by atoms with E-state index in [0.29, 0.717) is 23.6 Å². The van der Waals surface area contributed by atoms with E-state index < -0.39 is 5.92 Å². The van der Waals surface area contributed by atoms with Crippen molar-refractivity contribution in [3.05, 3.63) is 102 Å². The summed E-state index contributed by atoms with van der Waals surface area (Å²) in [6.45, 7) is 4.65. The zero-order valence-corrected chi connectivity index (χ0v) is 20.8. The number of aromatic nitrogens is 2. The maximum Gasteiger partial charge on any atom is 0.243 e. The van der Waals surface area contributed by atoms with Gasteiger partial charge in [-0.05, 0) is 29.7 Å². The van der Waals surface area contributed by atoms with Crippen molar-refractivity contribution in [2.24, 2.45) is 0 Å². The minimum Gasteiger partial charge on any atom is -0.352 e. The molecule has 3 aromatic carbocycles. The number of nitrogens with one attached hydrogen (secondary N) is 1. The fourth-order valence-electron chi connectivity index (χ4n) is 4.68. The van der Waals surface area contributed by atoms with E-state index in [0.717, 1.165) is 50.2 Å². The van der Waals surface area contributed by atoms with Gasteiger partial charge in [0.05, 0.1) is 17.1 Å². The lowest BCUT2D eigenvalue weighted by Gasteiger charge is -2.36. The van der Waals surface area contributed by atoms with Crippen molar-refractivity contribution in [2.45, 2.75) is 18.9 Å². The summed E-state index contributed by atoms with van der Waals surface area (Å²) in [5.41, 5.74) is 4.17. The normalized spacial score (nSPS) is 14.7. The smallest absolute Gasteiger partial charge is 0.243 e. The molecule has 7 heteroatoms. The van der Waals surface area contributed by atoms with E-state index in [1.54, 1.807) is 0 Å². The Balaban J connectivity index is 1.33. The second-order valence-corrected chi connectivity index (χ2v) is 9.25. The Morgan fingerprint density at radius 3 is 2.08 bits per heavy atom. The number of anilines is 1. The molecule has 37 heavy (non-hydrogen) atoms. The van der Waals surface area contributed by atoms with Crippen molar-refractivity contribution in [3.8, 4) is 6.07 Å². The largest absolute Gasteiger partial charge is 0.352 e. The number of carbonyl (C=O) groups is 1. The molecule has 2 heterocycles. The summed E-state index contributed by atoms with van der Waals surface area (Å²) >= 11 is 0. The van der Waals surface area contributed by atoms with Gasteiger partial charge in [0, 0.05) is 39.3 Å². The number of carbonyl (C=O) groups excluding carboxylic acids is 1. The highest BCUT2D eigenvalue weighted by Gasteiger charge is 2.30. The predicted octanol–water partition coefficient (Wildman–Crippen LogP) is 3.92. The van der Waals surface area contributed by atoms with Gasteiger partial charge >= 0.3 is 0 Å². The van der Waals surface area contributed by atoms with Crippen LogP contribution in [0.1, 0.15) is 22.7 Å². The third-order valence-corrected chi connectivity index (χ3v) is 6.78. The summed E-state index contributed by atoms with van der Waals surface area (Å²) in [7, 11) is 0. The van der Waals surface area contributed by atoms with Gasteiger partial charge < -0.3 is 10.2 Å². The van der Waals surface area contributed by atoms with Gasteiger partial charge in [0.25, 0.3) is 0 Å². The average molecular weight is 491 g/mol. The lowest BCUT2D eigenvalue weighted by Crippen LogP contribution is -2.47. The lowest BCUT2D eigenvalue weighted by molar-refractivity contribution is -0.121. The van der Waals surface area contributed by atoms with E-state index >= 15 is 0 Å². The number of fused-ring (bicyclic) bond motifs is 1. The number of hydrogen-bond acceptors (Lipinski definition) is 6. The standard InChI is InChI=1S/C30H30N6O/c31-21-25(30(37)32-22-24-11-5-2-6-12-24)28-29(34-27-14-8-7-13-26(27)33-28)36-19-17-35(18-20-36)16-15-23-9-3-1-4-10-23/h1-14,25H,15-20,22H2,(H,32,37). The van der Waals surface area contributed by atoms with E-state index in [4.69, 9.17) is 9.97 Å². The van der Waals surface area contributed by atoms with Crippen LogP contribution in [0, 0.1) is 11.3 Å². The zero-order chi connectivity index (χ0) is 25.5. The van der Waals surface area contributed by atoms with Gasteiger partial charge in [-0.3, -0.25) is 9.69 Å². The Morgan fingerprint density at radius 2 is 1.43 bits per heavy atom. The van der Waals surface area contributed by atoms with Crippen molar-refractivity contribution < 1.29 is 4.79 Å². The van der Waals surface area contributed by atoms with Crippen LogP contribution in [-0.2, 0) is 17.8 Å². The third kappa shape index (κ3) is 5.93. The van der Waals surface area contributed by atoms with Gasteiger partial charge in [0.15, 0.2) is 11.7 Å². The van der Waals surface area contributed by atoms with Crippen molar-refractivity contribution >= 4 is 22.8 Å². The Hall–Kier alpha value is -4.28. The maximum atomic E-state index is 13.2. The Bertz CT molecular complexity index is 1380. The fraction of sp³-hybridized carbons (Fsp3) is 0.267. The Kier molecular flexibility index (Phi) is 7.68.